The van der Waals surface area contributed by atoms with Crippen molar-refractivity contribution in [1.29, 1.82) is 0 Å². The third-order valence-corrected chi connectivity index (χ3v) is 5.66. The van der Waals surface area contributed by atoms with Crippen molar-refractivity contribution >= 4 is 39.9 Å². The lowest BCUT2D eigenvalue weighted by Gasteiger charge is -2.19. The fourth-order valence-corrected chi connectivity index (χ4v) is 3.94. The molecule has 5 heteroatoms. The summed E-state index contributed by atoms with van der Waals surface area (Å²) in [6, 6.07) is 11.7. The molecule has 4 nitrogen and oxygen atoms in total. The van der Waals surface area contributed by atoms with Crippen molar-refractivity contribution in [3.8, 4) is 0 Å². The van der Waals surface area contributed by atoms with E-state index in [0.29, 0.717) is 16.4 Å². The van der Waals surface area contributed by atoms with Crippen molar-refractivity contribution in [3.05, 3.63) is 81.4 Å². The van der Waals surface area contributed by atoms with Crippen molar-refractivity contribution in [2.75, 3.05) is 4.90 Å². The molecular formula is C24H24N2O2S. The van der Waals surface area contributed by atoms with Gasteiger partial charge in [0.2, 0.25) is 5.91 Å². The Kier molecular flexibility index (Phi) is 6.09. The first-order chi connectivity index (χ1) is 13.8. The lowest BCUT2D eigenvalue weighted by atomic mass is 10.0. The minimum Gasteiger partial charge on any atom is -0.289 e. The molecule has 0 aliphatic carbocycles. The van der Waals surface area contributed by atoms with E-state index in [1.54, 1.807) is 11.0 Å². The van der Waals surface area contributed by atoms with Crippen LogP contribution in [0, 0.1) is 27.7 Å². The SMILES string of the molecule is CC(=O)N(c1ccc(C)c(C)c1)c1nc(/C=C/C(=O)c2ccc(C)cc2C)cs1. The highest BCUT2D eigenvalue weighted by atomic mass is 32.1. The summed E-state index contributed by atoms with van der Waals surface area (Å²) in [7, 11) is 0. The zero-order chi connectivity index (χ0) is 21.1. The van der Waals surface area contributed by atoms with Crippen LogP contribution in [0.2, 0.25) is 0 Å². The molecule has 0 bridgehead atoms. The van der Waals surface area contributed by atoms with Crippen LogP contribution in [0.3, 0.4) is 0 Å². The average molecular weight is 405 g/mol. The molecule has 0 aliphatic rings. The van der Waals surface area contributed by atoms with E-state index in [1.165, 1.54) is 29.9 Å². The van der Waals surface area contributed by atoms with Crippen molar-refractivity contribution in [1.82, 2.24) is 4.98 Å². The minimum atomic E-state index is -0.107. The van der Waals surface area contributed by atoms with Crippen molar-refractivity contribution in [3.63, 3.8) is 0 Å². The number of anilines is 2. The molecule has 2 aromatic carbocycles. The van der Waals surface area contributed by atoms with Crippen LogP contribution in [0.1, 0.15) is 45.2 Å². The fraction of sp³-hybridized carbons (Fsp3) is 0.208. The maximum atomic E-state index is 12.5. The second-order valence-electron chi connectivity index (χ2n) is 7.19. The highest BCUT2D eigenvalue weighted by molar-refractivity contribution is 7.14. The van der Waals surface area contributed by atoms with Gasteiger partial charge in [-0.05, 0) is 68.7 Å². The van der Waals surface area contributed by atoms with Gasteiger partial charge in [0.1, 0.15) is 0 Å². The number of benzene rings is 2. The molecule has 29 heavy (non-hydrogen) atoms. The van der Waals surface area contributed by atoms with Crippen LogP contribution in [-0.2, 0) is 4.79 Å². The minimum absolute atomic E-state index is 0.0605. The van der Waals surface area contributed by atoms with E-state index in [1.807, 2.05) is 69.5 Å². The quantitative estimate of drug-likeness (QED) is 0.389. The Balaban J connectivity index is 1.84. The summed E-state index contributed by atoms with van der Waals surface area (Å²) >= 11 is 1.37. The topological polar surface area (TPSA) is 50.3 Å². The number of amides is 1. The van der Waals surface area contributed by atoms with Crippen LogP contribution in [0.4, 0.5) is 10.8 Å². The number of aryl methyl sites for hydroxylation is 4. The maximum Gasteiger partial charge on any atom is 0.230 e. The molecule has 3 aromatic rings. The summed E-state index contributed by atoms with van der Waals surface area (Å²) in [5.74, 6) is -0.167. The van der Waals surface area contributed by atoms with Crippen LogP contribution in [-0.4, -0.2) is 16.7 Å². The van der Waals surface area contributed by atoms with E-state index < -0.39 is 0 Å². The van der Waals surface area contributed by atoms with Gasteiger partial charge in [0.25, 0.3) is 0 Å². The number of aromatic nitrogens is 1. The molecule has 0 saturated heterocycles. The number of carbonyl (C=O) groups is 2. The van der Waals surface area contributed by atoms with Crippen molar-refractivity contribution in [2.45, 2.75) is 34.6 Å². The van der Waals surface area contributed by atoms with Gasteiger partial charge in [0.15, 0.2) is 10.9 Å². The van der Waals surface area contributed by atoms with E-state index in [9.17, 15) is 9.59 Å². The molecule has 1 heterocycles. The van der Waals surface area contributed by atoms with E-state index >= 15 is 0 Å². The van der Waals surface area contributed by atoms with Gasteiger partial charge in [0.05, 0.1) is 11.4 Å². The first-order valence-corrected chi connectivity index (χ1v) is 10.3. The van der Waals surface area contributed by atoms with Crippen LogP contribution < -0.4 is 4.90 Å². The molecule has 0 N–H and O–H groups in total. The Labute approximate surface area is 175 Å². The highest BCUT2D eigenvalue weighted by Gasteiger charge is 2.18. The van der Waals surface area contributed by atoms with Gasteiger partial charge >= 0.3 is 0 Å². The van der Waals surface area contributed by atoms with Crippen LogP contribution in [0.25, 0.3) is 6.08 Å². The number of allylic oxidation sites excluding steroid dienone is 1. The normalized spacial score (nSPS) is 11.1. The monoisotopic (exact) mass is 404 g/mol. The van der Waals surface area contributed by atoms with E-state index in [4.69, 9.17) is 0 Å². The summed E-state index contributed by atoms with van der Waals surface area (Å²) in [6.45, 7) is 9.52. The van der Waals surface area contributed by atoms with Gasteiger partial charge in [-0.3, -0.25) is 14.5 Å². The number of ketones is 1. The Morgan fingerprint density at radius 2 is 1.72 bits per heavy atom. The molecule has 0 saturated carbocycles. The molecule has 148 valence electrons. The Bertz CT molecular complexity index is 1110. The van der Waals surface area contributed by atoms with Gasteiger partial charge < -0.3 is 0 Å². The summed E-state index contributed by atoms with van der Waals surface area (Å²) in [5, 5.41) is 2.43. The van der Waals surface area contributed by atoms with Crippen molar-refractivity contribution < 1.29 is 9.59 Å². The third kappa shape index (κ3) is 4.69. The average Bonchev–Trinajstić information content (AvgIpc) is 3.11. The second kappa shape index (κ2) is 8.53. The van der Waals surface area contributed by atoms with Gasteiger partial charge in [0, 0.05) is 17.9 Å². The molecule has 1 aromatic heterocycles. The first kappa shape index (κ1) is 20.7. The van der Waals surface area contributed by atoms with Crippen LogP contribution >= 0.6 is 11.3 Å². The number of carbonyl (C=O) groups excluding carboxylic acids is 2. The van der Waals surface area contributed by atoms with E-state index in [-0.39, 0.29) is 11.7 Å². The molecule has 0 fully saturated rings. The molecular weight excluding hydrogens is 380 g/mol. The zero-order valence-corrected chi connectivity index (χ0v) is 18.1. The Morgan fingerprint density at radius 3 is 2.38 bits per heavy atom. The standard InChI is InChI=1S/C24H24N2O2S/c1-15-6-10-22(18(4)12-15)23(28)11-8-20-14-29-24(25-20)26(19(5)27)21-9-7-16(2)17(3)13-21/h6-14H,1-5H3/b11-8+. The Morgan fingerprint density at radius 1 is 0.966 bits per heavy atom. The summed E-state index contributed by atoms with van der Waals surface area (Å²) < 4.78 is 0. The Hall–Kier alpha value is -3.05. The number of thiazole rings is 1. The molecule has 0 atom stereocenters. The molecule has 0 spiro atoms. The predicted molar refractivity (Wildman–Crippen MR) is 120 cm³/mol. The van der Waals surface area contributed by atoms with Gasteiger partial charge in [-0.1, -0.05) is 29.8 Å². The van der Waals surface area contributed by atoms with Crippen LogP contribution in [0.15, 0.2) is 47.9 Å². The van der Waals surface area contributed by atoms with E-state index in [2.05, 4.69) is 4.98 Å². The molecule has 0 aliphatic heterocycles. The molecule has 0 unspecified atom stereocenters. The zero-order valence-electron chi connectivity index (χ0n) is 17.3. The van der Waals surface area contributed by atoms with Gasteiger partial charge in [-0.25, -0.2) is 4.98 Å². The molecule has 1 amide bonds. The number of rotatable bonds is 5. The van der Waals surface area contributed by atoms with Crippen LogP contribution in [0.5, 0.6) is 0 Å². The smallest absolute Gasteiger partial charge is 0.230 e. The highest BCUT2D eigenvalue weighted by Crippen LogP contribution is 2.30. The number of hydrogen-bond donors (Lipinski definition) is 0. The van der Waals surface area contributed by atoms with Crippen molar-refractivity contribution in [2.24, 2.45) is 0 Å². The summed E-state index contributed by atoms with van der Waals surface area (Å²) in [4.78, 5) is 30.9. The lowest BCUT2D eigenvalue weighted by molar-refractivity contribution is -0.115. The third-order valence-electron chi connectivity index (χ3n) is 4.82. The predicted octanol–water partition coefficient (Wildman–Crippen LogP) is 5.96. The van der Waals surface area contributed by atoms with Gasteiger partial charge in [-0.15, -0.1) is 11.3 Å². The molecule has 3 rings (SSSR count). The second-order valence-corrected chi connectivity index (χ2v) is 8.03. The van der Waals surface area contributed by atoms with Gasteiger partial charge in [-0.2, -0.15) is 0 Å². The number of nitrogens with zero attached hydrogens (tertiary/aromatic N) is 2. The fourth-order valence-electron chi connectivity index (χ4n) is 3.09. The van der Waals surface area contributed by atoms with E-state index in [0.717, 1.165) is 22.4 Å². The maximum absolute atomic E-state index is 12.5. The molecule has 0 radical (unpaired) electrons. The summed E-state index contributed by atoms with van der Waals surface area (Å²) in [6.07, 6.45) is 3.23. The lowest BCUT2D eigenvalue weighted by Crippen LogP contribution is -2.22. The summed E-state index contributed by atoms with van der Waals surface area (Å²) in [5.41, 5.74) is 6.49. The largest absolute Gasteiger partial charge is 0.289 e. The first-order valence-electron chi connectivity index (χ1n) is 9.39. The number of hydrogen-bond acceptors (Lipinski definition) is 4.